The van der Waals surface area contributed by atoms with Crippen molar-refractivity contribution >= 4 is 63.6 Å². The van der Waals surface area contributed by atoms with Gasteiger partial charge in [0.1, 0.15) is 10.7 Å². The third-order valence-corrected chi connectivity index (χ3v) is 10.4. The number of ether oxygens (including phenoxy) is 4. The second kappa shape index (κ2) is 17.1. The number of thioether (sulfide) groups is 1. The van der Waals surface area contributed by atoms with E-state index in [4.69, 9.17) is 18.9 Å². The zero-order valence-corrected chi connectivity index (χ0v) is 30.5. The molecule has 3 amide bonds. The summed E-state index contributed by atoms with van der Waals surface area (Å²) in [6, 6.07) is 18.9. The molecule has 4 aromatic rings. The Balaban J connectivity index is 1.35. The summed E-state index contributed by atoms with van der Waals surface area (Å²) < 4.78 is 21.4. The van der Waals surface area contributed by atoms with Crippen molar-refractivity contribution in [3.05, 3.63) is 99.6 Å². The van der Waals surface area contributed by atoms with Crippen molar-refractivity contribution in [2.24, 2.45) is 0 Å². The molecule has 0 saturated heterocycles. The molecule has 51 heavy (non-hydrogen) atoms. The molecule has 3 aromatic carbocycles. The fourth-order valence-corrected chi connectivity index (χ4v) is 7.79. The van der Waals surface area contributed by atoms with Crippen LogP contribution in [0.1, 0.15) is 56.5 Å². The number of fused-ring (bicyclic) bond motifs is 1. The van der Waals surface area contributed by atoms with Gasteiger partial charge in [-0.15, -0.1) is 23.1 Å². The van der Waals surface area contributed by atoms with Crippen LogP contribution in [-0.4, -0.2) is 57.4 Å². The summed E-state index contributed by atoms with van der Waals surface area (Å²) >= 11 is 2.73. The number of methoxy groups -OCH3 is 4. The quantitative estimate of drug-likeness (QED) is 0.0756. The number of nitrogens with one attached hydrogen (secondary N) is 3. The topological polar surface area (TPSA) is 141 Å². The van der Waals surface area contributed by atoms with E-state index in [1.807, 2.05) is 6.07 Å². The molecule has 1 aliphatic rings. The van der Waals surface area contributed by atoms with Crippen molar-refractivity contribution in [3.8, 4) is 17.2 Å². The van der Waals surface area contributed by atoms with Crippen molar-refractivity contribution in [2.45, 2.75) is 42.8 Å². The number of hydrogen-bond acceptors (Lipinski definition) is 10. The Morgan fingerprint density at radius 2 is 1.55 bits per heavy atom. The molecule has 0 spiro atoms. The third-order valence-electron chi connectivity index (χ3n) is 8.10. The lowest BCUT2D eigenvalue weighted by atomic mass is 9.95. The van der Waals surface area contributed by atoms with Gasteiger partial charge in [0, 0.05) is 21.0 Å². The summed E-state index contributed by atoms with van der Waals surface area (Å²) in [6.07, 6.45) is 5.20. The SMILES string of the molecule is COC(=O)c1c(NC(=O)C(C)Sc2cccc(NC(=O)/C(=C\c3cc(OC)c(OC)c(OC)c3)NC(=O)c3ccccc3)c2)sc2c1CCCC2. The first-order chi connectivity index (χ1) is 24.6. The number of hydrogen-bond donors (Lipinski definition) is 3. The van der Waals surface area contributed by atoms with E-state index < -0.39 is 23.0 Å². The number of esters is 1. The predicted molar refractivity (Wildman–Crippen MR) is 199 cm³/mol. The normalized spacial score (nSPS) is 12.9. The highest BCUT2D eigenvalue weighted by Crippen LogP contribution is 2.40. The van der Waals surface area contributed by atoms with Gasteiger partial charge in [0.2, 0.25) is 11.7 Å². The summed E-state index contributed by atoms with van der Waals surface area (Å²) in [4.78, 5) is 54.8. The standard InChI is InChI=1S/C38H39N3O8S2/c1-22(34(42)41-37-32(38(45)49-5)27-16-9-10-17-31(27)51-37)50-26-15-11-14-25(21-26)39-36(44)28(40-35(43)24-12-7-6-8-13-24)18-23-19-29(46-2)33(48-4)30(20-23)47-3/h6-8,11-15,18-22H,9-10,16-17H2,1-5H3,(H,39,44)(H,40,43)(H,41,42)/b28-18+. The van der Waals surface area contributed by atoms with Crippen LogP contribution in [0.15, 0.2) is 77.3 Å². The Labute approximate surface area is 304 Å². The molecule has 1 atom stereocenters. The van der Waals surface area contributed by atoms with Gasteiger partial charge in [0.15, 0.2) is 11.5 Å². The highest BCUT2D eigenvalue weighted by atomic mass is 32.2. The molecule has 1 aromatic heterocycles. The number of thiophene rings is 1. The van der Waals surface area contributed by atoms with Gasteiger partial charge in [-0.25, -0.2) is 4.79 Å². The summed E-state index contributed by atoms with van der Waals surface area (Å²) in [5.41, 5.74) is 2.70. The van der Waals surface area contributed by atoms with E-state index in [9.17, 15) is 19.2 Å². The van der Waals surface area contributed by atoms with E-state index in [0.717, 1.165) is 41.0 Å². The van der Waals surface area contributed by atoms with Gasteiger partial charge in [-0.05, 0) is 92.3 Å². The van der Waals surface area contributed by atoms with Gasteiger partial charge in [-0.1, -0.05) is 24.3 Å². The van der Waals surface area contributed by atoms with Crippen LogP contribution in [0, 0.1) is 0 Å². The van der Waals surface area contributed by atoms with Crippen LogP contribution in [0.4, 0.5) is 10.7 Å². The van der Waals surface area contributed by atoms with E-state index >= 15 is 0 Å². The molecule has 1 heterocycles. The Hall–Kier alpha value is -5.27. The first kappa shape index (κ1) is 37.0. The van der Waals surface area contributed by atoms with Crippen LogP contribution in [-0.2, 0) is 27.2 Å². The van der Waals surface area contributed by atoms with Crippen LogP contribution >= 0.6 is 23.1 Å². The molecule has 0 fully saturated rings. The van der Waals surface area contributed by atoms with E-state index in [1.165, 1.54) is 57.6 Å². The highest BCUT2D eigenvalue weighted by Gasteiger charge is 2.28. The summed E-state index contributed by atoms with van der Waals surface area (Å²) in [5.74, 6) is -0.647. The van der Waals surface area contributed by atoms with Crippen LogP contribution in [0.2, 0.25) is 0 Å². The lowest BCUT2D eigenvalue weighted by molar-refractivity contribution is -0.115. The van der Waals surface area contributed by atoms with Gasteiger partial charge in [0.25, 0.3) is 11.8 Å². The number of carbonyl (C=O) groups is 4. The maximum atomic E-state index is 13.8. The Morgan fingerprint density at radius 1 is 0.843 bits per heavy atom. The van der Waals surface area contributed by atoms with E-state index in [2.05, 4.69) is 16.0 Å². The molecule has 11 nitrogen and oxygen atoms in total. The number of anilines is 2. The molecule has 266 valence electrons. The van der Waals surface area contributed by atoms with Gasteiger partial charge in [-0.2, -0.15) is 0 Å². The average Bonchev–Trinajstić information content (AvgIpc) is 3.51. The molecule has 0 saturated carbocycles. The smallest absolute Gasteiger partial charge is 0.341 e. The largest absolute Gasteiger partial charge is 0.493 e. The van der Waals surface area contributed by atoms with E-state index in [1.54, 1.807) is 67.6 Å². The molecule has 0 aliphatic heterocycles. The Kier molecular flexibility index (Phi) is 12.4. The molecule has 1 unspecified atom stereocenters. The van der Waals surface area contributed by atoms with Crippen molar-refractivity contribution in [3.63, 3.8) is 0 Å². The first-order valence-corrected chi connectivity index (χ1v) is 17.8. The number of benzene rings is 3. The Bertz CT molecular complexity index is 1930. The van der Waals surface area contributed by atoms with Crippen LogP contribution < -0.4 is 30.2 Å². The van der Waals surface area contributed by atoms with Crippen LogP contribution in [0.5, 0.6) is 17.2 Å². The molecule has 13 heteroatoms. The minimum absolute atomic E-state index is 0.0380. The summed E-state index contributed by atoms with van der Waals surface area (Å²) in [6.45, 7) is 1.77. The molecule has 0 radical (unpaired) electrons. The lowest BCUT2D eigenvalue weighted by Crippen LogP contribution is -2.30. The fourth-order valence-electron chi connectivity index (χ4n) is 5.58. The number of amides is 3. The van der Waals surface area contributed by atoms with Gasteiger partial charge >= 0.3 is 5.97 Å². The molecular weight excluding hydrogens is 691 g/mol. The monoisotopic (exact) mass is 729 g/mol. The zero-order chi connectivity index (χ0) is 36.5. The highest BCUT2D eigenvalue weighted by molar-refractivity contribution is 8.00. The van der Waals surface area contributed by atoms with E-state index in [-0.39, 0.29) is 11.6 Å². The molecule has 1 aliphatic carbocycles. The molecular formula is C38H39N3O8S2. The van der Waals surface area contributed by atoms with Gasteiger partial charge in [-0.3, -0.25) is 14.4 Å². The second-order valence-corrected chi connectivity index (χ2v) is 14.0. The molecule has 3 N–H and O–H groups in total. The fraction of sp³-hybridized carbons (Fsp3) is 0.263. The first-order valence-electron chi connectivity index (χ1n) is 16.2. The summed E-state index contributed by atoms with van der Waals surface area (Å²) in [5, 5.41) is 8.52. The van der Waals surface area contributed by atoms with Crippen LogP contribution in [0.25, 0.3) is 6.08 Å². The predicted octanol–water partition coefficient (Wildman–Crippen LogP) is 6.97. The average molecular weight is 730 g/mol. The van der Waals surface area contributed by atoms with E-state index in [0.29, 0.717) is 44.6 Å². The maximum absolute atomic E-state index is 13.8. The summed E-state index contributed by atoms with van der Waals surface area (Å²) in [7, 11) is 5.80. The lowest BCUT2D eigenvalue weighted by Gasteiger charge is -2.15. The molecule has 0 bridgehead atoms. The van der Waals surface area contributed by atoms with Crippen molar-refractivity contribution in [1.82, 2.24) is 5.32 Å². The third kappa shape index (κ3) is 8.91. The number of carbonyl (C=O) groups excluding carboxylic acids is 4. The maximum Gasteiger partial charge on any atom is 0.341 e. The van der Waals surface area contributed by atoms with Gasteiger partial charge in [0.05, 0.1) is 39.3 Å². The Morgan fingerprint density at radius 3 is 2.22 bits per heavy atom. The van der Waals surface area contributed by atoms with Gasteiger partial charge < -0.3 is 34.9 Å². The van der Waals surface area contributed by atoms with Crippen LogP contribution in [0.3, 0.4) is 0 Å². The second-order valence-electron chi connectivity index (χ2n) is 11.5. The van der Waals surface area contributed by atoms with Crippen molar-refractivity contribution in [2.75, 3.05) is 39.1 Å². The zero-order valence-electron chi connectivity index (χ0n) is 28.9. The minimum Gasteiger partial charge on any atom is -0.493 e. The minimum atomic E-state index is -0.585. The number of rotatable bonds is 13. The number of aryl methyl sites for hydroxylation is 1. The van der Waals surface area contributed by atoms with Crippen molar-refractivity contribution in [1.29, 1.82) is 0 Å². The van der Waals surface area contributed by atoms with Crippen molar-refractivity contribution < 1.29 is 38.1 Å². The molecule has 5 rings (SSSR count).